The molecule has 0 aliphatic heterocycles. The van der Waals surface area contributed by atoms with Crippen molar-refractivity contribution in [3.8, 4) is 5.75 Å². The lowest BCUT2D eigenvalue weighted by Gasteiger charge is -2.05. The third-order valence-electron chi connectivity index (χ3n) is 3.44. The first-order chi connectivity index (χ1) is 10.6. The standard InChI is InChI=1S/C17H12ClNO3/c1-22-12-6-7-15-13(8-12)17(21)14(9-19-15)16(20)10-2-4-11(18)5-3-10/h2-9H,1H3,(H,19,21). The van der Waals surface area contributed by atoms with Gasteiger partial charge in [-0.3, -0.25) is 9.59 Å². The second-order valence-corrected chi connectivity index (χ2v) is 5.22. The molecule has 1 N–H and O–H groups in total. The Balaban J connectivity index is 2.14. The Morgan fingerprint density at radius 3 is 2.55 bits per heavy atom. The number of carbonyl (C=O) groups excluding carboxylic acids is 1. The molecule has 0 amide bonds. The molecule has 0 radical (unpaired) electrons. The van der Waals surface area contributed by atoms with E-state index in [4.69, 9.17) is 16.3 Å². The maximum atomic E-state index is 12.6. The zero-order chi connectivity index (χ0) is 15.7. The van der Waals surface area contributed by atoms with Gasteiger partial charge in [0.05, 0.1) is 12.7 Å². The summed E-state index contributed by atoms with van der Waals surface area (Å²) < 4.78 is 5.12. The molecule has 0 atom stereocenters. The zero-order valence-corrected chi connectivity index (χ0v) is 12.5. The minimum Gasteiger partial charge on any atom is -0.497 e. The molecule has 110 valence electrons. The van der Waals surface area contributed by atoms with E-state index in [-0.39, 0.29) is 16.8 Å². The Kier molecular flexibility index (Phi) is 3.69. The monoisotopic (exact) mass is 313 g/mol. The van der Waals surface area contributed by atoms with Crippen molar-refractivity contribution in [2.24, 2.45) is 0 Å². The van der Waals surface area contributed by atoms with E-state index in [0.717, 1.165) is 0 Å². The number of aromatic nitrogens is 1. The summed E-state index contributed by atoms with van der Waals surface area (Å²) in [5, 5.41) is 0.952. The largest absolute Gasteiger partial charge is 0.497 e. The number of halogens is 1. The molecule has 0 fully saturated rings. The van der Waals surface area contributed by atoms with Gasteiger partial charge in [0, 0.05) is 27.7 Å². The molecule has 0 bridgehead atoms. The van der Waals surface area contributed by atoms with E-state index in [9.17, 15) is 9.59 Å². The van der Waals surface area contributed by atoms with Crippen LogP contribution < -0.4 is 10.2 Å². The molecule has 0 spiro atoms. The zero-order valence-electron chi connectivity index (χ0n) is 11.7. The molecule has 5 heteroatoms. The number of ether oxygens (including phenoxy) is 1. The van der Waals surface area contributed by atoms with Gasteiger partial charge in [0.25, 0.3) is 0 Å². The van der Waals surface area contributed by atoms with Crippen molar-refractivity contribution in [2.75, 3.05) is 7.11 Å². The molecule has 3 rings (SSSR count). The Hall–Kier alpha value is -2.59. The highest BCUT2D eigenvalue weighted by atomic mass is 35.5. The van der Waals surface area contributed by atoms with E-state index in [2.05, 4.69) is 4.98 Å². The molecule has 0 aliphatic rings. The first-order valence-corrected chi connectivity index (χ1v) is 6.97. The molecule has 0 unspecified atom stereocenters. The van der Waals surface area contributed by atoms with Crippen LogP contribution in [-0.4, -0.2) is 17.9 Å². The average molecular weight is 314 g/mol. The lowest BCUT2D eigenvalue weighted by molar-refractivity contribution is 0.103. The first kappa shape index (κ1) is 14.4. The van der Waals surface area contributed by atoms with Gasteiger partial charge in [-0.1, -0.05) is 11.6 Å². The number of aromatic amines is 1. The Bertz CT molecular complexity index is 913. The van der Waals surface area contributed by atoms with Crippen molar-refractivity contribution >= 4 is 28.3 Å². The van der Waals surface area contributed by atoms with Crippen molar-refractivity contribution in [1.29, 1.82) is 0 Å². The Morgan fingerprint density at radius 2 is 1.86 bits per heavy atom. The number of rotatable bonds is 3. The molecule has 3 aromatic rings. The normalized spacial score (nSPS) is 10.6. The van der Waals surface area contributed by atoms with Gasteiger partial charge in [0.1, 0.15) is 5.75 Å². The van der Waals surface area contributed by atoms with E-state index in [1.54, 1.807) is 42.5 Å². The molecule has 1 heterocycles. The summed E-state index contributed by atoms with van der Waals surface area (Å²) in [7, 11) is 1.53. The number of H-pyrrole nitrogens is 1. The van der Waals surface area contributed by atoms with Crippen molar-refractivity contribution in [2.45, 2.75) is 0 Å². The smallest absolute Gasteiger partial charge is 0.200 e. The lowest BCUT2D eigenvalue weighted by atomic mass is 10.0. The molecular formula is C17H12ClNO3. The fourth-order valence-electron chi connectivity index (χ4n) is 2.25. The second-order valence-electron chi connectivity index (χ2n) is 4.78. The van der Waals surface area contributed by atoms with Gasteiger partial charge in [-0.25, -0.2) is 0 Å². The second kappa shape index (κ2) is 5.66. The van der Waals surface area contributed by atoms with Crippen LogP contribution in [0.1, 0.15) is 15.9 Å². The van der Waals surface area contributed by atoms with E-state index in [1.165, 1.54) is 13.3 Å². The average Bonchev–Trinajstić information content (AvgIpc) is 2.55. The summed E-state index contributed by atoms with van der Waals surface area (Å²) in [5.41, 5.74) is 0.825. The maximum Gasteiger partial charge on any atom is 0.200 e. The Labute approximate surface area is 131 Å². The van der Waals surface area contributed by atoms with Crippen molar-refractivity contribution < 1.29 is 9.53 Å². The number of pyridine rings is 1. The van der Waals surface area contributed by atoms with Crippen molar-refractivity contribution in [1.82, 2.24) is 4.98 Å². The molecule has 22 heavy (non-hydrogen) atoms. The number of methoxy groups -OCH3 is 1. The molecule has 0 saturated carbocycles. The summed E-state index contributed by atoms with van der Waals surface area (Å²) in [6.07, 6.45) is 1.44. The van der Waals surface area contributed by atoms with Crippen molar-refractivity contribution in [3.63, 3.8) is 0 Å². The van der Waals surface area contributed by atoms with Crippen LogP contribution in [0.5, 0.6) is 5.75 Å². The van der Waals surface area contributed by atoms with Crippen LogP contribution in [0.3, 0.4) is 0 Å². The quantitative estimate of drug-likeness (QED) is 0.754. The van der Waals surface area contributed by atoms with Crippen LogP contribution in [0.4, 0.5) is 0 Å². The minimum absolute atomic E-state index is 0.0862. The third-order valence-corrected chi connectivity index (χ3v) is 3.69. The number of ketones is 1. The van der Waals surface area contributed by atoms with Gasteiger partial charge in [-0.15, -0.1) is 0 Å². The van der Waals surface area contributed by atoms with E-state index >= 15 is 0 Å². The van der Waals surface area contributed by atoms with Gasteiger partial charge in [-0.2, -0.15) is 0 Å². The third kappa shape index (κ3) is 2.49. The number of nitrogens with one attached hydrogen (secondary N) is 1. The number of carbonyl (C=O) groups is 1. The molecule has 0 aliphatic carbocycles. The summed E-state index contributed by atoms with van der Waals surface area (Å²) in [6.45, 7) is 0. The van der Waals surface area contributed by atoms with Crippen LogP contribution in [0, 0.1) is 0 Å². The van der Waals surface area contributed by atoms with Crippen LogP contribution in [-0.2, 0) is 0 Å². The summed E-state index contributed by atoms with van der Waals surface area (Å²) in [6, 6.07) is 11.5. The lowest BCUT2D eigenvalue weighted by Crippen LogP contribution is -2.16. The summed E-state index contributed by atoms with van der Waals surface area (Å²) in [5.74, 6) is 0.219. The van der Waals surface area contributed by atoms with Crippen LogP contribution in [0.15, 0.2) is 53.5 Å². The number of fused-ring (bicyclic) bond motifs is 1. The predicted molar refractivity (Wildman–Crippen MR) is 86.0 cm³/mol. The predicted octanol–water partition coefficient (Wildman–Crippen LogP) is 3.42. The van der Waals surface area contributed by atoms with Crippen molar-refractivity contribution in [3.05, 3.63) is 75.0 Å². The van der Waals surface area contributed by atoms with E-state index < -0.39 is 0 Å². The van der Waals surface area contributed by atoms with Crippen LogP contribution >= 0.6 is 11.6 Å². The number of benzene rings is 2. The minimum atomic E-state index is -0.345. The van der Waals surface area contributed by atoms with Crippen LogP contribution in [0.25, 0.3) is 10.9 Å². The van der Waals surface area contributed by atoms with Gasteiger partial charge in [0.2, 0.25) is 5.43 Å². The Morgan fingerprint density at radius 1 is 1.14 bits per heavy atom. The highest BCUT2D eigenvalue weighted by molar-refractivity contribution is 6.30. The molecule has 0 saturated heterocycles. The van der Waals surface area contributed by atoms with Gasteiger partial charge in [0.15, 0.2) is 5.78 Å². The topological polar surface area (TPSA) is 59.2 Å². The van der Waals surface area contributed by atoms with E-state index in [0.29, 0.717) is 27.2 Å². The summed E-state index contributed by atoms with van der Waals surface area (Å²) in [4.78, 5) is 28.0. The fourth-order valence-corrected chi connectivity index (χ4v) is 2.38. The summed E-state index contributed by atoms with van der Waals surface area (Å²) >= 11 is 5.81. The highest BCUT2D eigenvalue weighted by Gasteiger charge is 2.15. The van der Waals surface area contributed by atoms with Gasteiger partial charge in [-0.05, 0) is 42.5 Å². The first-order valence-electron chi connectivity index (χ1n) is 6.60. The molecule has 4 nitrogen and oxygen atoms in total. The SMILES string of the molecule is COc1ccc2[nH]cc(C(=O)c3ccc(Cl)cc3)c(=O)c2c1. The molecular weight excluding hydrogens is 302 g/mol. The van der Waals surface area contributed by atoms with Crippen LogP contribution in [0.2, 0.25) is 5.02 Å². The fraction of sp³-hybridized carbons (Fsp3) is 0.0588. The molecule has 2 aromatic carbocycles. The van der Waals surface area contributed by atoms with E-state index in [1.807, 2.05) is 0 Å². The highest BCUT2D eigenvalue weighted by Crippen LogP contribution is 2.18. The number of hydrogen-bond donors (Lipinski definition) is 1. The number of hydrogen-bond acceptors (Lipinski definition) is 3. The maximum absolute atomic E-state index is 12.6. The van der Waals surface area contributed by atoms with Gasteiger partial charge < -0.3 is 9.72 Å². The molecule has 1 aromatic heterocycles. The van der Waals surface area contributed by atoms with Gasteiger partial charge >= 0.3 is 0 Å².